The number of benzene rings is 1. The molecule has 0 spiro atoms. The third-order valence-electron chi connectivity index (χ3n) is 2.97. The summed E-state index contributed by atoms with van der Waals surface area (Å²) in [5.41, 5.74) is 9.24. The fourth-order valence-electron chi connectivity index (χ4n) is 2.25. The van der Waals surface area contributed by atoms with Gasteiger partial charge >= 0.3 is 0 Å². The molecule has 0 bridgehead atoms. The number of hydrogen-bond donors (Lipinski definition) is 2. The molecule has 0 radical (unpaired) electrons. The number of nitrogens with two attached hydrogens (primary N) is 1. The number of aromatic amines is 1. The molecule has 3 heteroatoms. The summed E-state index contributed by atoms with van der Waals surface area (Å²) in [6.07, 6.45) is 1.67. The number of nitrogens with one attached hydrogen (secondary N) is 1. The first kappa shape index (κ1) is 10.2. The van der Waals surface area contributed by atoms with Crippen LogP contribution in [0.2, 0.25) is 0 Å². The van der Waals surface area contributed by atoms with Gasteiger partial charge in [0.05, 0.1) is 12.0 Å². The van der Waals surface area contributed by atoms with E-state index in [4.69, 9.17) is 10.2 Å². The molecule has 0 fully saturated rings. The second-order valence-corrected chi connectivity index (χ2v) is 4.23. The number of rotatable bonds is 2. The van der Waals surface area contributed by atoms with Crippen LogP contribution >= 0.6 is 0 Å². The molecule has 3 rings (SSSR count). The van der Waals surface area contributed by atoms with Crippen LogP contribution < -0.4 is 5.73 Å². The Kier molecular flexibility index (Phi) is 2.27. The van der Waals surface area contributed by atoms with E-state index in [1.807, 2.05) is 37.3 Å². The molecule has 2 heterocycles. The molecule has 86 valence electrons. The Bertz CT molecular complexity index is 635. The molecule has 3 aromatic rings. The van der Waals surface area contributed by atoms with Crippen LogP contribution in [-0.4, -0.2) is 4.98 Å². The lowest BCUT2D eigenvalue weighted by molar-refractivity contribution is 0.579. The zero-order valence-electron chi connectivity index (χ0n) is 9.60. The van der Waals surface area contributed by atoms with Crippen LogP contribution in [0.3, 0.4) is 0 Å². The van der Waals surface area contributed by atoms with Gasteiger partial charge in [0.1, 0.15) is 5.76 Å². The highest BCUT2D eigenvalue weighted by Crippen LogP contribution is 2.33. The largest absolute Gasteiger partial charge is 0.463 e. The van der Waals surface area contributed by atoms with Gasteiger partial charge in [0.15, 0.2) is 0 Å². The number of furan rings is 1. The van der Waals surface area contributed by atoms with Gasteiger partial charge in [0, 0.05) is 22.5 Å². The molecule has 1 unspecified atom stereocenters. The highest BCUT2D eigenvalue weighted by atomic mass is 16.3. The minimum absolute atomic E-state index is 0.0359. The topological polar surface area (TPSA) is 54.9 Å². The minimum atomic E-state index is -0.0359. The maximum absolute atomic E-state index is 6.07. The second-order valence-electron chi connectivity index (χ2n) is 4.23. The van der Waals surface area contributed by atoms with Gasteiger partial charge in [-0.25, -0.2) is 0 Å². The smallest absolute Gasteiger partial charge is 0.150 e. The lowest BCUT2D eigenvalue weighted by atomic mass is 10.0. The molecule has 0 aliphatic heterocycles. The maximum atomic E-state index is 6.07. The van der Waals surface area contributed by atoms with E-state index in [0.29, 0.717) is 0 Å². The van der Waals surface area contributed by atoms with Crippen LogP contribution in [0.15, 0.2) is 47.1 Å². The van der Waals surface area contributed by atoms with E-state index in [-0.39, 0.29) is 6.04 Å². The van der Waals surface area contributed by atoms with Crippen LogP contribution in [0.1, 0.15) is 18.5 Å². The molecule has 0 aliphatic carbocycles. The van der Waals surface area contributed by atoms with Crippen LogP contribution in [0.5, 0.6) is 0 Å². The Balaban J connectivity index is 2.34. The fourth-order valence-corrected chi connectivity index (χ4v) is 2.25. The molecule has 1 atom stereocenters. The molecular weight excluding hydrogens is 212 g/mol. The number of para-hydroxylation sites is 1. The SMILES string of the molecule is CC(N)c1c(-c2ccco2)[nH]c2ccccc12. The van der Waals surface area contributed by atoms with Crippen molar-refractivity contribution in [3.05, 3.63) is 48.2 Å². The lowest BCUT2D eigenvalue weighted by Gasteiger charge is -2.06. The van der Waals surface area contributed by atoms with Gasteiger partial charge in [-0.1, -0.05) is 18.2 Å². The lowest BCUT2D eigenvalue weighted by Crippen LogP contribution is -2.05. The van der Waals surface area contributed by atoms with Crippen LogP contribution in [0.25, 0.3) is 22.4 Å². The molecule has 0 saturated carbocycles. The number of fused-ring (bicyclic) bond motifs is 1. The number of aromatic nitrogens is 1. The fraction of sp³-hybridized carbons (Fsp3) is 0.143. The summed E-state index contributed by atoms with van der Waals surface area (Å²) >= 11 is 0. The molecular formula is C14H14N2O. The van der Waals surface area contributed by atoms with E-state index in [0.717, 1.165) is 27.9 Å². The first-order valence-corrected chi connectivity index (χ1v) is 5.67. The van der Waals surface area contributed by atoms with Crippen LogP contribution in [-0.2, 0) is 0 Å². The summed E-state index contributed by atoms with van der Waals surface area (Å²) in [4.78, 5) is 3.37. The van der Waals surface area contributed by atoms with Crippen molar-refractivity contribution in [3.8, 4) is 11.5 Å². The predicted molar refractivity (Wildman–Crippen MR) is 68.6 cm³/mol. The van der Waals surface area contributed by atoms with E-state index in [9.17, 15) is 0 Å². The van der Waals surface area contributed by atoms with Crippen molar-refractivity contribution in [2.24, 2.45) is 5.73 Å². The van der Waals surface area contributed by atoms with Crippen molar-refractivity contribution >= 4 is 10.9 Å². The summed E-state index contributed by atoms with van der Waals surface area (Å²) in [7, 11) is 0. The highest BCUT2D eigenvalue weighted by molar-refractivity contribution is 5.90. The average molecular weight is 226 g/mol. The third kappa shape index (κ3) is 1.56. The summed E-state index contributed by atoms with van der Waals surface area (Å²) in [5.74, 6) is 0.827. The van der Waals surface area contributed by atoms with E-state index in [1.54, 1.807) is 6.26 Å². The van der Waals surface area contributed by atoms with E-state index >= 15 is 0 Å². The number of H-pyrrole nitrogens is 1. The second kappa shape index (κ2) is 3.79. The Morgan fingerprint density at radius 1 is 1.18 bits per heavy atom. The molecule has 17 heavy (non-hydrogen) atoms. The molecule has 0 aliphatic rings. The van der Waals surface area contributed by atoms with Gasteiger partial charge in [0.2, 0.25) is 0 Å². The van der Waals surface area contributed by atoms with Crippen molar-refractivity contribution in [2.45, 2.75) is 13.0 Å². The first-order chi connectivity index (χ1) is 8.27. The summed E-state index contributed by atoms with van der Waals surface area (Å²) in [5, 5.41) is 1.16. The van der Waals surface area contributed by atoms with Gasteiger partial charge in [-0.3, -0.25) is 0 Å². The zero-order chi connectivity index (χ0) is 11.8. The Hall–Kier alpha value is -2.00. The van der Waals surface area contributed by atoms with Crippen molar-refractivity contribution in [2.75, 3.05) is 0 Å². The standard InChI is InChI=1S/C14H14N2O/c1-9(15)13-10-5-2-3-6-11(10)16-14(13)12-7-4-8-17-12/h2-9,16H,15H2,1H3. The Morgan fingerprint density at radius 2 is 2.00 bits per heavy atom. The number of hydrogen-bond acceptors (Lipinski definition) is 2. The van der Waals surface area contributed by atoms with Crippen LogP contribution in [0.4, 0.5) is 0 Å². The highest BCUT2D eigenvalue weighted by Gasteiger charge is 2.17. The summed E-state index contributed by atoms with van der Waals surface area (Å²) in [6.45, 7) is 1.99. The third-order valence-corrected chi connectivity index (χ3v) is 2.97. The van der Waals surface area contributed by atoms with E-state index < -0.39 is 0 Å². The van der Waals surface area contributed by atoms with E-state index in [1.165, 1.54) is 0 Å². The minimum Gasteiger partial charge on any atom is -0.463 e. The maximum Gasteiger partial charge on any atom is 0.150 e. The van der Waals surface area contributed by atoms with Crippen LogP contribution in [0, 0.1) is 0 Å². The van der Waals surface area contributed by atoms with Gasteiger partial charge in [-0.15, -0.1) is 0 Å². The predicted octanol–water partition coefficient (Wildman–Crippen LogP) is 3.45. The zero-order valence-corrected chi connectivity index (χ0v) is 9.60. The molecule has 1 aromatic carbocycles. The molecule has 3 nitrogen and oxygen atoms in total. The molecule has 3 N–H and O–H groups in total. The average Bonchev–Trinajstić information content (AvgIpc) is 2.95. The Labute approximate surface area is 99.2 Å². The normalized spacial score (nSPS) is 13.1. The quantitative estimate of drug-likeness (QED) is 0.703. The van der Waals surface area contributed by atoms with Crippen molar-refractivity contribution in [1.82, 2.24) is 4.98 Å². The van der Waals surface area contributed by atoms with Gasteiger partial charge in [0.25, 0.3) is 0 Å². The van der Waals surface area contributed by atoms with E-state index in [2.05, 4.69) is 11.1 Å². The first-order valence-electron chi connectivity index (χ1n) is 5.67. The summed E-state index contributed by atoms with van der Waals surface area (Å²) in [6, 6.07) is 11.9. The molecule has 0 amide bonds. The molecule has 2 aromatic heterocycles. The van der Waals surface area contributed by atoms with Gasteiger partial charge < -0.3 is 15.1 Å². The Morgan fingerprint density at radius 3 is 2.71 bits per heavy atom. The van der Waals surface area contributed by atoms with Crippen molar-refractivity contribution in [3.63, 3.8) is 0 Å². The van der Waals surface area contributed by atoms with Gasteiger partial charge in [-0.2, -0.15) is 0 Å². The van der Waals surface area contributed by atoms with Gasteiger partial charge in [-0.05, 0) is 25.1 Å². The van der Waals surface area contributed by atoms with Crippen molar-refractivity contribution < 1.29 is 4.42 Å². The monoisotopic (exact) mass is 226 g/mol. The van der Waals surface area contributed by atoms with Crippen molar-refractivity contribution in [1.29, 1.82) is 0 Å². The summed E-state index contributed by atoms with van der Waals surface area (Å²) < 4.78 is 5.45. The molecule has 0 saturated heterocycles.